The van der Waals surface area contributed by atoms with Crippen molar-refractivity contribution in [1.29, 1.82) is 5.26 Å². The van der Waals surface area contributed by atoms with Gasteiger partial charge in [-0.25, -0.2) is 4.79 Å². The van der Waals surface area contributed by atoms with Gasteiger partial charge in [0, 0.05) is 13.1 Å². The molecule has 1 aliphatic carbocycles. The van der Waals surface area contributed by atoms with Gasteiger partial charge >= 0.3 is 6.09 Å². The van der Waals surface area contributed by atoms with Crippen LogP contribution in [0.5, 0.6) is 0 Å². The first-order valence-electron chi connectivity index (χ1n) is 6.83. The standard InChI is InChI=1S/C14H22N2O3/c1-12(2,3)19-11(17)16-8-6-14(18,7-9-16)13(10-15)4-5-13/h18H,4-9H2,1-3H3. The van der Waals surface area contributed by atoms with E-state index in [-0.39, 0.29) is 6.09 Å². The smallest absolute Gasteiger partial charge is 0.410 e. The number of nitrogens with zero attached hydrogens (tertiary/aromatic N) is 2. The first kappa shape index (κ1) is 14.1. The zero-order valence-electron chi connectivity index (χ0n) is 11.9. The molecule has 2 rings (SSSR count). The Bertz CT molecular complexity index is 407. The van der Waals surface area contributed by atoms with E-state index in [1.54, 1.807) is 4.90 Å². The van der Waals surface area contributed by atoms with E-state index in [1.807, 2.05) is 20.8 Å². The molecule has 2 aliphatic rings. The molecule has 0 radical (unpaired) electrons. The monoisotopic (exact) mass is 266 g/mol. The molecule has 1 saturated heterocycles. The normalized spacial score (nSPS) is 24.5. The van der Waals surface area contributed by atoms with Crippen LogP contribution in [0.25, 0.3) is 0 Å². The number of likely N-dealkylation sites (tertiary alicyclic amines) is 1. The molecule has 0 aromatic carbocycles. The van der Waals surface area contributed by atoms with Crippen LogP contribution >= 0.6 is 0 Å². The van der Waals surface area contributed by atoms with Crippen molar-refractivity contribution in [1.82, 2.24) is 4.90 Å². The third-order valence-corrected chi connectivity index (χ3v) is 4.10. The molecule has 0 bridgehead atoms. The van der Waals surface area contributed by atoms with Gasteiger partial charge in [-0.05, 0) is 46.5 Å². The molecule has 0 atom stereocenters. The van der Waals surface area contributed by atoms with Crippen LogP contribution in [-0.4, -0.2) is 40.4 Å². The molecule has 0 spiro atoms. The minimum Gasteiger partial charge on any atom is -0.444 e. The van der Waals surface area contributed by atoms with Gasteiger partial charge < -0.3 is 14.7 Å². The van der Waals surface area contributed by atoms with Gasteiger partial charge in [0.15, 0.2) is 0 Å². The lowest BCUT2D eigenvalue weighted by molar-refractivity contribution is -0.0634. The topological polar surface area (TPSA) is 73.6 Å². The molecule has 0 unspecified atom stereocenters. The summed E-state index contributed by atoms with van der Waals surface area (Å²) in [6.45, 7) is 6.41. The van der Waals surface area contributed by atoms with Crippen LogP contribution in [0.2, 0.25) is 0 Å². The van der Waals surface area contributed by atoms with Crippen molar-refractivity contribution in [2.24, 2.45) is 5.41 Å². The summed E-state index contributed by atoms with van der Waals surface area (Å²) in [5.74, 6) is 0. The molecule has 1 aliphatic heterocycles. The van der Waals surface area contributed by atoms with Gasteiger partial charge in [-0.3, -0.25) is 0 Å². The van der Waals surface area contributed by atoms with Crippen LogP contribution in [-0.2, 0) is 4.74 Å². The first-order chi connectivity index (χ1) is 8.71. The number of aliphatic hydroxyl groups is 1. The summed E-state index contributed by atoms with van der Waals surface area (Å²) in [5.41, 5.74) is -2.00. The maximum atomic E-state index is 11.9. The fourth-order valence-corrected chi connectivity index (χ4v) is 2.67. The van der Waals surface area contributed by atoms with Crippen LogP contribution in [0.1, 0.15) is 46.5 Å². The van der Waals surface area contributed by atoms with Gasteiger partial charge in [0.1, 0.15) is 5.60 Å². The lowest BCUT2D eigenvalue weighted by Gasteiger charge is -2.41. The number of hydrogen-bond acceptors (Lipinski definition) is 4. The van der Waals surface area contributed by atoms with Gasteiger partial charge in [0.05, 0.1) is 17.1 Å². The molecule has 1 heterocycles. The van der Waals surface area contributed by atoms with Crippen LogP contribution < -0.4 is 0 Å². The highest BCUT2D eigenvalue weighted by Crippen LogP contribution is 2.57. The fraction of sp³-hybridized carbons (Fsp3) is 0.857. The van der Waals surface area contributed by atoms with Crippen LogP contribution in [0.15, 0.2) is 0 Å². The molecule has 1 N–H and O–H groups in total. The predicted molar refractivity (Wildman–Crippen MR) is 69.3 cm³/mol. The number of ether oxygens (including phenoxy) is 1. The lowest BCUT2D eigenvalue weighted by atomic mass is 9.77. The maximum absolute atomic E-state index is 11.9. The average molecular weight is 266 g/mol. The number of amides is 1. The highest BCUT2D eigenvalue weighted by molar-refractivity contribution is 5.68. The summed E-state index contributed by atoms with van der Waals surface area (Å²) in [4.78, 5) is 13.5. The maximum Gasteiger partial charge on any atom is 0.410 e. The third-order valence-electron chi connectivity index (χ3n) is 4.10. The molecule has 106 valence electrons. The van der Waals surface area contributed by atoms with Gasteiger partial charge in [0.2, 0.25) is 0 Å². The number of piperidine rings is 1. The fourth-order valence-electron chi connectivity index (χ4n) is 2.67. The number of hydrogen-bond donors (Lipinski definition) is 1. The quantitative estimate of drug-likeness (QED) is 0.788. The summed E-state index contributed by atoms with van der Waals surface area (Å²) in [5, 5.41) is 19.8. The second-order valence-corrected chi connectivity index (χ2v) is 6.69. The minimum atomic E-state index is -0.930. The third kappa shape index (κ3) is 2.69. The van der Waals surface area contributed by atoms with E-state index >= 15 is 0 Å². The highest BCUT2D eigenvalue weighted by Gasteiger charge is 2.60. The van der Waals surface area contributed by atoms with E-state index in [1.165, 1.54) is 0 Å². The Morgan fingerprint density at radius 3 is 2.16 bits per heavy atom. The molecular weight excluding hydrogens is 244 g/mol. The molecule has 19 heavy (non-hydrogen) atoms. The van der Waals surface area contributed by atoms with E-state index in [4.69, 9.17) is 4.74 Å². The molecule has 1 amide bonds. The Kier molecular flexibility index (Phi) is 3.26. The van der Waals surface area contributed by atoms with Gasteiger partial charge in [-0.2, -0.15) is 5.26 Å². The Labute approximate surface area is 114 Å². The summed E-state index contributed by atoms with van der Waals surface area (Å²) in [6, 6.07) is 2.26. The number of carbonyl (C=O) groups is 1. The van der Waals surface area contributed by atoms with E-state index in [0.29, 0.717) is 25.9 Å². The van der Waals surface area contributed by atoms with E-state index in [0.717, 1.165) is 12.8 Å². The van der Waals surface area contributed by atoms with Crippen molar-refractivity contribution in [2.45, 2.75) is 57.7 Å². The Morgan fingerprint density at radius 2 is 1.79 bits per heavy atom. The zero-order valence-corrected chi connectivity index (χ0v) is 11.9. The molecule has 5 nitrogen and oxygen atoms in total. The van der Waals surface area contributed by atoms with Crippen molar-refractivity contribution in [3.63, 3.8) is 0 Å². The molecule has 5 heteroatoms. The Morgan fingerprint density at radius 1 is 1.26 bits per heavy atom. The Hall–Kier alpha value is -1.28. The Balaban J connectivity index is 1.93. The van der Waals surface area contributed by atoms with Crippen LogP contribution in [0.3, 0.4) is 0 Å². The summed E-state index contributed by atoms with van der Waals surface area (Å²) in [7, 11) is 0. The predicted octanol–water partition coefficient (Wildman–Crippen LogP) is 2.05. The van der Waals surface area contributed by atoms with Gasteiger partial charge in [0.25, 0.3) is 0 Å². The number of nitriles is 1. The molecule has 2 fully saturated rings. The number of carbonyl (C=O) groups excluding carboxylic acids is 1. The van der Waals surface area contributed by atoms with Crippen molar-refractivity contribution >= 4 is 6.09 Å². The molecule has 0 aromatic rings. The SMILES string of the molecule is CC(C)(C)OC(=O)N1CCC(O)(C2(C#N)CC2)CC1. The van der Waals surface area contributed by atoms with Crippen molar-refractivity contribution in [2.75, 3.05) is 13.1 Å². The highest BCUT2D eigenvalue weighted by atomic mass is 16.6. The van der Waals surface area contributed by atoms with E-state index in [2.05, 4.69) is 6.07 Å². The zero-order chi connectivity index (χ0) is 14.3. The minimum absolute atomic E-state index is 0.337. The van der Waals surface area contributed by atoms with Crippen LogP contribution in [0.4, 0.5) is 4.79 Å². The number of rotatable bonds is 1. The molecular formula is C14H22N2O3. The second-order valence-electron chi connectivity index (χ2n) is 6.69. The van der Waals surface area contributed by atoms with E-state index < -0.39 is 16.6 Å². The second kappa shape index (κ2) is 4.38. The molecule has 1 saturated carbocycles. The summed E-state index contributed by atoms with van der Waals surface area (Å²) < 4.78 is 5.31. The van der Waals surface area contributed by atoms with Gasteiger partial charge in [-0.1, -0.05) is 0 Å². The van der Waals surface area contributed by atoms with Crippen molar-refractivity contribution in [3.05, 3.63) is 0 Å². The first-order valence-corrected chi connectivity index (χ1v) is 6.83. The van der Waals surface area contributed by atoms with Crippen molar-refractivity contribution in [3.8, 4) is 6.07 Å². The summed E-state index contributed by atoms with van der Waals surface area (Å²) in [6.07, 6.45) is 2.12. The van der Waals surface area contributed by atoms with Gasteiger partial charge in [-0.15, -0.1) is 0 Å². The average Bonchev–Trinajstić information content (AvgIpc) is 3.08. The van der Waals surface area contributed by atoms with Crippen molar-refractivity contribution < 1.29 is 14.6 Å². The van der Waals surface area contributed by atoms with Crippen LogP contribution in [0, 0.1) is 16.7 Å². The largest absolute Gasteiger partial charge is 0.444 e. The molecule has 0 aromatic heterocycles. The summed E-state index contributed by atoms with van der Waals surface area (Å²) >= 11 is 0. The van der Waals surface area contributed by atoms with E-state index in [9.17, 15) is 15.2 Å². The lowest BCUT2D eigenvalue weighted by Crippen LogP contribution is -2.51.